The minimum Gasteiger partial charge on any atom is -0.468 e. The van der Waals surface area contributed by atoms with Crippen LogP contribution in [-0.2, 0) is 19.6 Å². The third kappa shape index (κ3) is 4.17. The van der Waals surface area contributed by atoms with E-state index in [-0.39, 0.29) is 10.1 Å². The van der Waals surface area contributed by atoms with E-state index in [0.717, 1.165) is 11.3 Å². The summed E-state index contributed by atoms with van der Waals surface area (Å²) in [6, 6.07) is 2.00. The number of halogens is 1. The Labute approximate surface area is 122 Å². The molecule has 0 aliphatic heterocycles. The molecule has 0 spiro atoms. The first-order chi connectivity index (χ1) is 8.81. The molecule has 2 atom stereocenters. The lowest BCUT2D eigenvalue weighted by atomic mass is 10.0. The molecule has 1 aromatic heterocycles. The quantitative estimate of drug-likeness (QED) is 0.814. The highest BCUT2D eigenvalue weighted by Crippen LogP contribution is 2.26. The Morgan fingerprint density at radius 2 is 2.16 bits per heavy atom. The molecule has 0 saturated carbocycles. The van der Waals surface area contributed by atoms with Gasteiger partial charge in [0.1, 0.15) is 10.3 Å². The average Bonchev–Trinajstić information content (AvgIpc) is 2.81. The van der Waals surface area contributed by atoms with Gasteiger partial charge in [-0.25, -0.2) is 8.42 Å². The summed E-state index contributed by atoms with van der Waals surface area (Å²) in [6.45, 7) is 3.66. The lowest BCUT2D eigenvalue weighted by Crippen LogP contribution is -2.45. The number of thiophene rings is 1. The third-order valence-corrected chi connectivity index (χ3v) is 5.93. The summed E-state index contributed by atoms with van der Waals surface area (Å²) in [7, 11) is -2.54. The van der Waals surface area contributed by atoms with E-state index in [1.807, 2.05) is 6.92 Å². The highest BCUT2D eigenvalue weighted by atomic mass is 35.5. The maximum absolute atomic E-state index is 12.1. The molecule has 0 aliphatic rings. The van der Waals surface area contributed by atoms with Crippen LogP contribution in [0.25, 0.3) is 0 Å². The predicted octanol–water partition coefficient (Wildman–Crippen LogP) is 2.27. The average molecular weight is 326 g/mol. The van der Waals surface area contributed by atoms with E-state index in [2.05, 4.69) is 9.46 Å². The molecule has 0 aromatic carbocycles. The number of methoxy groups -OCH3 is 1. The Bertz CT molecular complexity index is 541. The van der Waals surface area contributed by atoms with Gasteiger partial charge in [-0.3, -0.25) is 4.79 Å². The minimum atomic E-state index is -3.77. The van der Waals surface area contributed by atoms with Crippen molar-refractivity contribution in [2.24, 2.45) is 5.92 Å². The number of nitrogens with one attached hydrogen (secondary N) is 1. The monoisotopic (exact) mass is 325 g/mol. The molecule has 1 rings (SSSR count). The Kier molecular flexibility index (Phi) is 5.79. The molecule has 19 heavy (non-hydrogen) atoms. The van der Waals surface area contributed by atoms with E-state index in [9.17, 15) is 13.2 Å². The number of carbonyl (C=O) groups is 1. The molecule has 0 saturated heterocycles. The first kappa shape index (κ1) is 16.4. The summed E-state index contributed by atoms with van der Waals surface area (Å²) in [5.41, 5.74) is 0. The van der Waals surface area contributed by atoms with E-state index in [1.54, 1.807) is 6.92 Å². The zero-order valence-electron chi connectivity index (χ0n) is 10.8. The largest absolute Gasteiger partial charge is 0.468 e. The standard InChI is InChI=1S/C11H16ClNO4S2/c1-4-7(2)10(11(14)17-3)13-19(15,16)9-6-5-8(12)18-9/h5-7,10,13H,4H2,1-3H3/t7-,10-/m0/s1. The fourth-order valence-electron chi connectivity index (χ4n) is 1.43. The van der Waals surface area contributed by atoms with Gasteiger partial charge in [-0.15, -0.1) is 11.3 Å². The highest BCUT2D eigenvalue weighted by Gasteiger charge is 2.31. The van der Waals surface area contributed by atoms with Crippen LogP contribution in [0.15, 0.2) is 16.3 Å². The van der Waals surface area contributed by atoms with Gasteiger partial charge in [-0.2, -0.15) is 4.72 Å². The molecular formula is C11H16ClNO4S2. The topological polar surface area (TPSA) is 72.5 Å². The molecule has 0 aliphatic carbocycles. The Morgan fingerprint density at radius 1 is 1.53 bits per heavy atom. The highest BCUT2D eigenvalue weighted by molar-refractivity contribution is 7.91. The van der Waals surface area contributed by atoms with E-state index in [1.165, 1.54) is 19.2 Å². The summed E-state index contributed by atoms with van der Waals surface area (Å²) in [6.07, 6.45) is 0.646. The van der Waals surface area contributed by atoms with Gasteiger partial charge in [0.15, 0.2) is 0 Å². The molecule has 1 heterocycles. The maximum Gasteiger partial charge on any atom is 0.324 e. The number of esters is 1. The van der Waals surface area contributed by atoms with Crippen LogP contribution in [0, 0.1) is 5.92 Å². The third-order valence-electron chi connectivity index (χ3n) is 2.76. The van der Waals surface area contributed by atoms with Gasteiger partial charge in [-0.05, 0) is 18.1 Å². The SMILES string of the molecule is CC[C@H](C)[C@H](NS(=O)(=O)c1ccc(Cl)s1)C(=O)OC. The second-order valence-electron chi connectivity index (χ2n) is 4.07. The fourth-order valence-corrected chi connectivity index (χ4v) is 4.22. The summed E-state index contributed by atoms with van der Waals surface area (Å²) in [5, 5.41) is 0. The van der Waals surface area contributed by atoms with Gasteiger partial charge in [0.05, 0.1) is 11.4 Å². The van der Waals surface area contributed by atoms with Crippen molar-refractivity contribution in [1.82, 2.24) is 4.72 Å². The molecule has 0 unspecified atom stereocenters. The van der Waals surface area contributed by atoms with Crippen molar-refractivity contribution in [2.75, 3.05) is 7.11 Å². The van der Waals surface area contributed by atoms with Crippen molar-refractivity contribution in [3.8, 4) is 0 Å². The minimum absolute atomic E-state index is 0.0784. The summed E-state index contributed by atoms with van der Waals surface area (Å²) in [5.74, 6) is -0.766. The molecular weight excluding hydrogens is 310 g/mol. The summed E-state index contributed by atoms with van der Waals surface area (Å²) in [4.78, 5) is 11.7. The molecule has 0 fully saturated rings. The normalized spacial score (nSPS) is 14.9. The molecule has 1 aromatic rings. The number of carbonyl (C=O) groups excluding carboxylic acids is 1. The van der Waals surface area contributed by atoms with E-state index >= 15 is 0 Å². The number of hydrogen-bond donors (Lipinski definition) is 1. The van der Waals surface area contributed by atoms with Crippen LogP contribution in [-0.4, -0.2) is 27.5 Å². The predicted molar refractivity (Wildman–Crippen MR) is 74.9 cm³/mol. The number of hydrogen-bond acceptors (Lipinski definition) is 5. The zero-order chi connectivity index (χ0) is 14.6. The molecule has 5 nitrogen and oxygen atoms in total. The number of rotatable bonds is 6. The molecule has 0 amide bonds. The molecule has 108 valence electrons. The van der Waals surface area contributed by atoms with Gasteiger partial charge in [0.25, 0.3) is 10.0 Å². The van der Waals surface area contributed by atoms with Crippen LogP contribution < -0.4 is 4.72 Å². The second kappa shape index (κ2) is 6.69. The Balaban J connectivity index is 2.98. The van der Waals surface area contributed by atoms with E-state index < -0.39 is 22.0 Å². The zero-order valence-corrected chi connectivity index (χ0v) is 13.2. The van der Waals surface area contributed by atoms with Crippen molar-refractivity contribution in [1.29, 1.82) is 0 Å². The summed E-state index contributed by atoms with van der Waals surface area (Å²) >= 11 is 6.66. The smallest absolute Gasteiger partial charge is 0.324 e. The Hall–Kier alpha value is -0.630. The lowest BCUT2D eigenvalue weighted by molar-refractivity contribution is -0.143. The van der Waals surface area contributed by atoms with E-state index in [4.69, 9.17) is 11.6 Å². The van der Waals surface area contributed by atoms with E-state index in [0.29, 0.717) is 10.8 Å². The van der Waals surface area contributed by atoms with Crippen molar-refractivity contribution in [3.05, 3.63) is 16.5 Å². The van der Waals surface area contributed by atoms with Crippen molar-refractivity contribution >= 4 is 38.9 Å². The van der Waals surface area contributed by atoms with Gasteiger partial charge < -0.3 is 4.74 Å². The van der Waals surface area contributed by atoms with Gasteiger partial charge in [0, 0.05) is 0 Å². The van der Waals surface area contributed by atoms with Crippen molar-refractivity contribution in [2.45, 2.75) is 30.5 Å². The second-order valence-corrected chi connectivity index (χ2v) is 7.72. The molecule has 0 bridgehead atoms. The number of sulfonamides is 1. The van der Waals surface area contributed by atoms with Crippen LogP contribution in [0.1, 0.15) is 20.3 Å². The number of ether oxygens (including phenoxy) is 1. The van der Waals surface area contributed by atoms with Crippen LogP contribution in [0.4, 0.5) is 0 Å². The van der Waals surface area contributed by atoms with Gasteiger partial charge in [-0.1, -0.05) is 31.9 Å². The van der Waals surface area contributed by atoms with Crippen molar-refractivity contribution in [3.63, 3.8) is 0 Å². The summed E-state index contributed by atoms with van der Waals surface area (Å²) < 4.78 is 31.7. The van der Waals surface area contributed by atoms with Crippen molar-refractivity contribution < 1.29 is 17.9 Å². The maximum atomic E-state index is 12.1. The molecule has 8 heteroatoms. The van der Waals surface area contributed by atoms with Gasteiger partial charge in [0.2, 0.25) is 0 Å². The van der Waals surface area contributed by atoms with Crippen LogP contribution in [0.2, 0.25) is 4.34 Å². The lowest BCUT2D eigenvalue weighted by Gasteiger charge is -2.21. The molecule has 1 N–H and O–H groups in total. The van der Waals surface area contributed by atoms with Crippen LogP contribution >= 0.6 is 22.9 Å². The molecule has 0 radical (unpaired) electrons. The van der Waals surface area contributed by atoms with Gasteiger partial charge >= 0.3 is 5.97 Å². The van der Waals surface area contributed by atoms with Crippen LogP contribution in [0.3, 0.4) is 0 Å². The Morgan fingerprint density at radius 3 is 2.58 bits per heavy atom. The first-order valence-corrected chi connectivity index (χ1v) is 8.35. The first-order valence-electron chi connectivity index (χ1n) is 5.67. The fraction of sp³-hybridized carbons (Fsp3) is 0.545. The van der Waals surface area contributed by atoms with Crippen LogP contribution in [0.5, 0.6) is 0 Å².